The molecule has 1 fully saturated rings. The second-order valence-corrected chi connectivity index (χ2v) is 6.55. The Labute approximate surface area is 140 Å². The first-order chi connectivity index (χ1) is 11.6. The standard InChI is InChI=1S/C19H21N3O2/c1-13-10-21(19(24)20-13)11-14(23)12-22-17-8-4-2-6-15(17)16-7-3-5-9-18(16)22/h2-9,13-14,23H,10-12H2,1H3,(H,20,24)/t13-,14?/m1/s1. The molecule has 1 saturated heterocycles. The van der Waals surface area contributed by atoms with Crippen LogP contribution in [0.5, 0.6) is 0 Å². The Balaban J connectivity index is 1.65. The number of carbonyl (C=O) groups excluding carboxylic acids is 1. The summed E-state index contributed by atoms with van der Waals surface area (Å²) in [7, 11) is 0. The Kier molecular flexibility index (Phi) is 3.65. The summed E-state index contributed by atoms with van der Waals surface area (Å²) in [5.74, 6) is 0. The summed E-state index contributed by atoms with van der Waals surface area (Å²) in [5, 5.41) is 15.8. The number of β-amino-alcohol motifs (C(OH)–C–C–N with tert-alkyl or cyclic N) is 1. The lowest BCUT2D eigenvalue weighted by atomic mass is 10.2. The van der Waals surface area contributed by atoms with Gasteiger partial charge in [0.15, 0.2) is 0 Å². The molecule has 5 nitrogen and oxygen atoms in total. The van der Waals surface area contributed by atoms with Gasteiger partial charge in [-0.3, -0.25) is 0 Å². The number of para-hydroxylation sites is 2. The van der Waals surface area contributed by atoms with Gasteiger partial charge in [0.1, 0.15) is 0 Å². The zero-order valence-electron chi connectivity index (χ0n) is 13.6. The van der Waals surface area contributed by atoms with Gasteiger partial charge in [0.2, 0.25) is 0 Å². The van der Waals surface area contributed by atoms with Crippen molar-refractivity contribution in [3.05, 3.63) is 48.5 Å². The summed E-state index contributed by atoms with van der Waals surface area (Å²) in [5.41, 5.74) is 2.22. The zero-order chi connectivity index (χ0) is 16.7. The van der Waals surface area contributed by atoms with E-state index in [0.717, 1.165) is 11.0 Å². The van der Waals surface area contributed by atoms with E-state index in [9.17, 15) is 9.90 Å². The smallest absolute Gasteiger partial charge is 0.317 e. The number of fused-ring (bicyclic) bond motifs is 3. The average molecular weight is 323 g/mol. The number of aliphatic hydroxyl groups is 1. The van der Waals surface area contributed by atoms with Crippen molar-refractivity contribution < 1.29 is 9.90 Å². The molecule has 4 rings (SSSR count). The van der Waals surface area contributed by atoms with Gasteiger partial charge in [-0.2, -0.15) is 0 Å². The Morgan fingerprint density at radius 2 is 1.67 bits per heavy atom. The molecule has 2 N–H and O–H groups in total. The van der Waals surface area contributed by atoms with E-state index in [1.54, 1.807) is 4.90 Å². The van der Waals surface area contributed by atoms with E-state index >= 15 is 0 Å². The van der Waals surface area contributed by atoms with Crippen molar-refractivity contribution in [3.8, 4) is 0 Å². The van der Waals surface area contributed by atoms with Gasteiger partial charge in [-0.25, -0.2) is 4.79 Å². The van der Waals surface area contributed by atoms with Crippen LogP contribution in [0.25, 0.3) is 21.8 Å². The van der Waals surface area contributed by atoms with E-state index in [-0.39, 0.29) is 12.1 Å². The normalized spacial score (nSPS) is 19.2. The van der Waals surface area contributed by atoms with Gasteiger partial charge in [0.05, 0.1) is 19.2 Å². The molecular formula is C19H21N3O2. The third kappa shape index (κ3) is 2.51. The minimum absolute atomic E-state index is 0.0937. The van der Waals surface area contributed by atoms with Crippen LogP contribution in [0.4, 0.5) is 4.79 Å². The lowest BCUT2D eigenvalue weighted by Gasteiger charge is -2.20. The Morgan fingerprint density at radius 3 is 2.21 bits per heavy atom. The van der Waals surface area contributed by atoms with Gasteiger partial charge in [-0.1, -0.05) is 36.4 Å². The van der Waals surface area contributed by atoms with Gasteiger partial charge >= 0.3 is 6.03 Å². The summed E-state index contributed by atoms with van der Waals surface area (Å²) < 4.78 is 2.15. The van der Waals surface area contributed by atoms with Crippen molar-refractivity contribution >= 4 is 27.8 Å². The van der Waals surface area contributed by atoms with Crippen molar-refractivity contribution in [2.24, 2.45) is 0 Å². The summed E-state index contributed by atoms with van der Waals surface area (Å²) in [4.78, 5) is 13.5. The van der Waals surface area contributed by atoms with Gasteiger partial charge in [-0.15, -0.1) is 0 Å². The number of urea groups is 1. The highest BCUT2D eigenvalue weighted by Gasteiger charge is 2.27. The highest BCUT2D eigenvalue weighted by molar-refractivity contribution is 6.07. The molecule has 2 atom stereocenters. The predicted molar refractivity (Wildman–Crippen MR) is 95.0 cm³/mol. The van der Waals surface area contributed by atoms with Gasteiger partial charge in [0, 0.05) is 34.4 Å². The van der Waals surface area contributed by atoms with Crippen LogP contribution in [0.1, 0.15) is 6.92 Å². The van der Waals surface area contributed by atoms with E-state index < -0.39 is 6.10 Å². The summed E-state index contributed by atoms with van der Waals surface area (Å²) >= 11 is 0. The molecule has 2 amide bonds. The Hall–Kier alpha value is -2.53. The molecule has 3 aromatic rings. The van der Waals surface area contributed by atoms with Crippen molar-refractivity contribution in [2.45, 2.75) is 25.6 Å². The van der Waals surface area contributed by atoms with Crippen LogP contribution in [0, 0.1) is 0 Å². The molecular weight excluding hydrogens is 302 g/mol. The molecule has 24 heavy (non-hydrogen) atoms. The molecule has 1 aliphatic rings. The van der Waals surface area contributed by atoms with Crippen molar-refractivity contribution in [3.63, 3.8) is 0 Å². The fourth-order valence-electron chi connectivity index (χ4n) is 3.64. The quantitative estimate of drug-likeness (QED) is 0.775. The number of rotatable bonds is 4. The summed E-state index contributed by atoms with van der Waals surface area (Å²) in [6.45, 7) is 3.42. The Bertz CT molecular complexity index is 849. The first-order valence-corrected chi connectivity index (χ1v) is 8.33. The van der Waals surface area contributed by atoms with Crippen LogP contribution in [-0.4, -0.2) is 45.8 Å². The average Bonchev–Trinajstić information content (AvgIpc) is 3.06. The number of hydrogen-bond acceptors (Lipinski definition) is 2. The van der Waals surface area contributed by atoms with Gasteiger partial charge in [-0.05, 0) is 19.1 Å². The van der Waals surface area contributed by atoms with Crippen LogP contribution < -0.4 is 5.32 Å². The van der Waals surface area contributed by atoms with Gasteiger partial charge in [0.25, 0.3) is 0 Å². The van der Waals surface area contributed by atoms with E-state index in [0.29, 0.717) is 19.6 Å². The first-order valence-electron chi connectivity index (χ1n) is 8.33. The largest absolute Gasteiger partial charge is 0.389 e. The SMILES string of the molecule is C[C@@H]1CN(CC(O)Cn2c3ccccc3c3ccccc32)C(=O)N1. The molecule has 0 saturated carbocycles. The minimum atomic E-state index is -0.611. The molecule has 0 bridgehead atoms. The lowest BCUT2D eigenvalue weighted by Crippen LogP contribution is -2.36. The number of amides is 2. The third-order valence-corrected chi connectivity index (χ3v) is 4.66. The molecule has 1 aliphatic heterocycles. The van der Waals surface area contributed by atoms with Crippen molar-refractivity contribution in [1.29, 1.82) is 0 Å². The molecule has 0 aliphatic carbocycles. The third-order valence-electron chi connectivity index (χ3n) is 4.66. The summed E-state index contributed by atoms with van der Waals surface area (Å²) in [6.07, 6.45) is -0.611. The lowest BCUT2D eigenvalue weighted by molar-refractivity contribution is 0.117. The highest BCUT2D eigenvalue weighted by Crippen LogP contribution is 2.28. The molecule has 0 radical (unpaired) electrons. The number of benzene rings is 2. The van der Waals surface area contributed by atoms with E-state index in [2.05, 4.69) is 34.1 Å². The van der Waals surface area contributed by atoms with Crippen LogP contribution in [0.2, 0.25) is 0 Å². The number of nitrogens with zero attached hydrogens (tertiary/aromatic N) is 2. The minimum Gasteiger partial charge on any atom is -0.389 e. The second kappa shape index (κ2) is 5.83. The molecule has 124 valence electrons. The van der Waals surface area contributed by atoms with Crippen LogP contribution >= 0.6 is 0 Å². The van der Waals surface area contributed by atoms with Gasteiger partial charge < -0.3 is 19.9 Å². The van der Waals surface area contributed by atoms with E-state index in [4.69, 9.17) is 0 Å². The van der Waals surface area contributed by atoms with Crippen LogP contribution in [0.15, 0.2) is 48.5 Å². The van der Waals surface area contributed by atoms with E-state index in [1.807, 2.05) is 31.2 Å². The molecule has 1 unspecified atom stereocenters. The maximum absolute atomic E-state index is 11.8. The van der Waals surface area contributed by atoms with E-state index in [1.165, 1.54) is 10.8 Å². The molecule has 2 heterocycles. The number of aromatic nitrogens is 1. The van der Waals surface area contributed by atoms with Crippen molar-refractivity contribution in [2.75, 3.05) is 13.1 Å². The second-order valence-electron chi connectivity index (χ2n) is 6.55. The zero-order valence-corrected chi connectivity index (χ0v) is 13.6. The summed E-state index contributed by atoms with van der Waals surface area (Å²) in [6, 6.07) is 16.5. The number of nitrogens with one attached hydrogen (secondary N) is 1. The fraction of sp³-hybridized carbons (Fsp3) is 0.316. The molecule has 1 aromatic heterocycles. The predicted octanol–water partition coefficient (Wildman–Crippen LogP) is 2.57. The number of hydrogen-bond donors (Lipinski definition) is 2. The van der Waals surface area contributed by atoms with Crippen LogP contribution in [-0.2, 0) is 6.54 Å². The van der Waals surface area contributed by atoms with Crippen molar-refractivity contribution in [1.82, 2.24) is 14.8 Å². The number of carbonyl (C=O) groups is 1. The fourth-order valence-corrected chi connectivity index (χ4v) is 3.64. The first kappa shape index (κ1) is 15.0. The molecule has 2 aromatic carbocycles. The highest BCUT2D eigenvalue weighted by atomic mass is 16.3. The monoisotopic (exact) mass is 323 g/mol. The maximum Gasteiger partial charge on any atom is 0.317 e. The van der Waals surface area contributed by atoms with Crippen LogP contribution in [0.3, 0.4) is 0 Å². The topological polar surface area (TPSA) is 57.5 Å². The molecule has 0 spiro atoms. The maximum atomic E-state index is 11.8. The molecule has 5 heteroatoms. The Morgan fingerprint density at radius 1 is 1.08 bits per heavy atom. The number of aliphatic hydroxyl groups excluding tert-OH is 1.